The Hall–Kier alpha value is -1.11. The van der Waals surface area contributed by atoms with Crippen LogP contribution in [0.4, 0.5) is 0 Å². The van der Waals surface area contributed by atoms with Gasteiger partial charge in [-0.1, -0.05) is 5.17 Å². The van der Waals surface area contributed by atoms with Crippen LogP contribution in [0.5, 0.6) is 0 Å². The van der Waals surface area contributed by atoms with Crippen LogP contribution < -0.4 is 5.73 Å². The van der Waals surface area contributed by atoms with Gasteiger partial charge in [-0.2, -0.15) is 0 Å². The Kier molecular flexibility index (Phi) is 2.86. The van der Waals surface area contributed by atoms with Crippen molar-refractivity contribution in [3.63, 3.8) is 0 Å². The molecule has 0 bridgehead atoms. The Labute approximate surface area is 76.1 Å². The van der Waals surface area contributed by atoms with Gasteiger partial charge in [-0.05, 0) is 6.92 Å². The van der Waals surface area contributed by atoms with Crippen molar-refractivity contribution >= 4 is 5.97 Å². The first-order valence-corrected chi connectivity index (χ1v) is 3.93. The van der Waals surface area contributed by atoms with Crippen molar-refractivity contribution in [1.29, 1.82) is 0 Å². The van der Waals surface area contributed by atoms with E-state index in [-0.39, 0.29) is 5.57 Å². The van der Waals surface area contributed by atoms with Crippen LogP contribution in [0.25, 0.3) is 0 Å². The molecule has 0 spiro atoms. The van der Waals surface area contributed by atoms with E-state index >= 15 is 0 Å². The highest BCUT2D eigenvalue weighted by atomic mass is 16.7. The number of carbonyl (C=O) groups is 1. The molecule has 1 atom stereocenters. The van der Waals surface area contributed by atoms with Gasteiger partial charge >= 0.3 is 5.97 Å². The van der Waals surface area contributed by atoms with E-state index in [0.29, 0.717) is 6.61 Å². The Balaban J connectivity index is 2.73. The summed E-state index contributed by atoms with van der Waals surface area (Å²) in [5.74, 6) is -1.03. The van der Waals surface area contributed by atoms with Crippen molar-refractivity contribution in [2.75, 3.05) is 13.7 Å². The molecule has 13 heavy (non-hydrogen) atoms. The van der Waals surface area contributed by atoms with Gasteiger partial charge in [0.15, 0.2) is 0 Å². The van der Waals surface area contributed by atoms with E-state index in [1.54, 1.807) is 14.0 Å². The number of aliphatic carboxylic acids is 1. The van der Waals surface area contributed by atoms with Crippen LogP contribution in [0.2, 0.25) is 0 Å². The van der Waals surface area contributed by atoms with Crippen LogP contribution in [0.1, 0.15) is 6.92 Å². The summed E-state index contributed by atoms with van der Waals surface area (Å²) in [5.41, 5.74) is 5.73. The van der Waals surface area contributed by atoms with Gasteiger partial charge in [-0.3, -0.25) is 9.85 Å². The lowest BCUT2D eigenvalue weighted by atomic mass is 10.2. The predicted octanol–water partition coefficient (Wildman–Crippen LogP) is -0.646. The molecule has 0 saturated heterocycles. The van der Waals surface area contributed by atoms with Crippen molar-refractivity contribution in [1.82, 2.24) is 10.2 Å². The summed E-state index contributed by atoms with van der Waals surface area (Å²) >= 11 is 0. The number of carboxylic acids is 1. The molecular weight excluding hydrogens is 174 g/mol. The quantitative estimate of drug-likeness (QED) is 0.611. The number of hydroxylamine groups is 1. The maximum atomic E-state index is 10.7. The third kappa shape index (κ3) is 1.80. The molecule has 0 amide bonds. The summed E-state index contributed by atoms with van der Waals surface area (Å²) in [6, 6.07) is 0. The Morgan fingerprint density at radius 2 is 2.46 bits per heavy atom. The minimum atomic E-state index is -1.03. The molecule has 0 aromatic rings. The summed E-state index contributed by atoms with van der Waals surface area (Å²) in [6.45, 7) is 2.25. The molecule has 0 saturated carbocycles. The Bertz CT molecular complexity index is 241. The highest BCUT2D eigenvalue weighted by Gasteiger charge is 2.32. The van der Waals surface area contributed by atoms with Crippen LogP contribution >= 0.6 is 0 Å². The second-order valence-electron chi connectivity index (χ2n) is 2.63. The topological polar surface area (TPSA) is 79.0 Å². The van der Waals surface area contributed by atoms with E-state index in [0.717, 1.165) is 0 Å². The SMILES string of the molecule is CCON1C(N)C(C(=O)O)=CN1C. The van der Waals surface area contributed by atoms with Gasteiger partial charge < -0.3 is 10.8 Å². The zero-order valence-electron chi connectivity index (χ0n) is 7.60. The Morgan fingerprint density at radius 3 is 2.85 bits per heavy atom. The molecule has 6 heteroatoms. The van der Waals surface area contributed by atoms with Crippen LogP contribution in [0.15, 0.2) is 11.8 Å². The summed E-state index contributed by atoms with van der Waals surface area (Å²) in [5, 5.41) is 11.6. The first kappa shape index (κ1) is 9.97. The second kappa shape index (κ2) is 3.73. The van der Waals surface area contributed by atoms with E-state index in [4.69, 9.17) is 15.7 Å². The second-order valence-corrected chi connectivity index (χ2v) is 2.63. The first-order chi connectivity index (χ1) is 6.07. The standard InChI is InChI=1S/C7H13N3O3/c1-3-13-10-6(8)5(7(11)12)4-9(10)2/h4,6H,3,8H2,1-2H3,(H,11,12). The van der Waals surface area contributed by atoms with E-state index in [1.165, 1.54) is 16.4 Å². The summed E-state index contributed by atoms with van der Waals surface area (Å²) in [7, 11) is 1.67. The fourth-order valence-corrected chi connectivity index (χ4v) is 1.14. The van der Waals surface area contributed by atoms with Crippen LogP contribution in [-0.4, -0.2) is 41.1 Å². The van der Waals surface area contributed by atoms with Crippen molar-refractivity contribution in [3.8, 4) is 0 Å². The monoisotopic (exact) mass is 187 g/mol. The van der Waals surface area contributed by atoms with E-state index in [9.17, 15) is 4.79 Å². The first-order valence-electron chi connectivity index (χ1n) is 3.93. The highest BCUT2D eigenvalue weighted by molar-refractivity contribution is 5.88. The number of carboxylic acid groups (broad SMARTS) is 1. The van der Waals surface area contributed by atoms with Gasteiger partial charge in [-0.15, -0.1) is 0 Å². The molecular formula is C7H13N3O3. The molecule has 0 aromatic heterocycles. The van der Waals surface area contributed by atoms with Crippen LogP contribution in [-0.2, 0) is 9.63 Å². The van der Waals surface area contributed by atoms with Gasteiger partial charge in [0.2, 0.25) is 0 Å². The van der Waals surface area contributed by atoms with Gasteiger partial charge in [-0.25, -0.2) is 4.79 Å². The summed E-state index contributed by atoms with van der Waals surface area (Å²) < 4.78 is 0. The normalized spacial score (nSPS) is 23.5. The van der Waals surface area contributed by atoms with Crippen LogP contribution in [0.3, 0.4) is 0 Å². The molecule has 1 rings (SSSR count). The highest BCUT2D eigenvalue weighted by Crippen LogP contribution is 2.17. The van der Waals surface area contributed by atoms with Gasteiger partial charge in [0.25, 0.3) is 0 Å². The average Bonchev–Trinajstić information content (AvgIpc) is 2.32. The number of hydrogen-bond acceptors (Lipinski definition) is 5. The lowest BCUT2D eigenvalue weighted by Crippen LogP contribution is -2.45. The largest absolute Gasteiger partial charge is 0.478 e. The smallest absolute Gasteiger partial charge is 0.336 e. The minimum absolute atomic E-state index is 0.121. The predicted molar refractivity (Wildman–Crippen MR) is 44.9 cm³/mol. The van der Waals surface area contributed by atoms with Crippen molar-refractivity contribution < 1.29 is 14.7 Å². The third-order valence-corrected chi connectivity index (χ3v) is 1.70. The molecule has 1 heterocycles. The molecule has 6 nitrogen and oxygen atoms in total. The van der Waals surface area contributed by atoms with E-state index in [1.807, 2.05) is 0 Å². The minimum Gasteiger partial charge on any atom is -0.478 e. The lowest BCUT2D eigenvalue weighted by molar-refractivity contribution is -0.262. The maximum absolute atomic E-state index is 10.7. The molecule has 0 fully saturated rings. The molecule has 1 aliphatic heterocycles. The molecule has 0 radical (unpaired) electrons. The molecule has 0 aliphatic carbocycles. The zero-order valence-corrected chi connectivity index (χ0v) is 7.60. The van der Waals surface area contributed by atoms with Crippen molar-refractivity contribution in [3.05, 3.63) is 11.8 Å². The molecule has 1 aliphatic rings. The molecule has 0 aromatic carbocycles. The third-order valence-electron chi connectivity index (χ3n) is 1.70. The van der Waals surface area contributed by atoms with Crippen LogP contribution in [0, 0.1) is 0 Å². The van der Waals surface area contributed by atoms with Crippen molar-refractivity contribution in [2.45, 2.75) is 13.1 Å². The van der Waals surface area contributed by atoms with Gasteiger partial charge in [0, 0.05) is 13.2 Å². The van der Waals surface area contributed by atoms with E-state index < -0.39 is 12.1 Å². The average molecular weight is 187 g/mol. The Morgan fingerprint density at radius 1 is 1.85 bits per heavy atom. The molecule has 1 unspecified atom stereocenters. The number of rotatable bonds is 3. The fraction of sp³-hybridized carbons (Fsp3) is 0.571. The number of nitrogens with zero attached hydrogens (tertiary/aromatic N) is 2. The number of hydrogen-bond donors (Lipinski definition) is 2. The maximum Gasteiger partial charge on any atom is 0.336 e. The number of hydrazine groups is 1. The summed E-state index contributed by atoms with van der Waals surface area (Å²) in [6.07, 6.45) is 0.699. The zero-order chi connectivity index (χ0) is 10.0. The van der Waals surface area contributed by atoms with E-state index in [2.05, 4.69) is 0 Å². The molecule has 74 valence electrons. The summed E-state index contributed by atoms with van der Waals surface area (Å²) in [4.78, 5) is 15.8. The van der Waals surface area contributed by atoms with Gasteiger partial charge in [0.05, 0.1) is 12.2 Å². The lowest BCUT2D eigenvalue weighted by Gasteiger charge is -2.26. The molecule has 3 N–H and O–H groups in total. The van der Waals surface area contributed by atoms with Crippen molar-refractivity contribution in [2.24, 2.45) is 5.73 Å². The number of nitrogens with two attached hydrogens (primary N) is 1. The van der Waals surface area contributed by atoms with Gasteiger partial charge in [0.1, 0.15) is 6.17 Å². The fourth-order valence-electron chi connectivity index (χ4n) is 1.14.